The van der Waals surface area contributed by atoms with Gasteiger partial charge >= 0.3 is 5.97 Å². The Labute approximate surface area is 173 Å². The topological polar surface area (TPSA) is 92.8 Å². The lowest BCUT2D eigenvalue weighted by Gasteiger charge is -2.19. The van der Waals surface area contributed by atoms with E-state index in [-0.39, 0.29) is 36.6 Å². The minimum atomic E-state index is -0.622. The van der Waals surface area contributed by atoms with Crippen molar-refractivity contribution in [1.82, 2.24) is 4.90 Å². The molecule has 1 aliphatic heterocycles. The Morgan fingerprint density at radius 1 is 1.17 bits per heavy atom. The van der Waals surface area contributed by atoms with E-state index in [9.17, 15) is 19.2 Å². The Kier molecular flexibility index (Phi) is 5.34. The number of imide groups is 1. The Morgan fingerprint density at radius 2 is 1.83 bits per heavy atom. The van der Waals surface area contributed by atoms with E-state index in [1.54, 1.807) is 18.2 Å². The van der Waals surface area contributed by atoms with Crippen LogP contribution in [0.3, 0.4) is 0 Å². The van der Waals surface area contributed by atoms with Gasteiger partial charge < -0.3 is 10.1 Å². The molecule has 0 aromatic heterocycles. The number of nitrogens with zero attached hydrogens (tertiary/aromatic N) is 1. The number of anilines is 1. The van der Waals surface area contributed by atoms with Crippen LogP contribution in [0.2, 0.25) is 5.02 Å². The van der Waals surface area contributed by atoms with E-state index in [4.69, 9.17) is 16.3 Å². The molecule has 1 aromatic carbocycles. The number of hydrogen-bond donors (Lipinski definition) is 1. The summed E-state index contributed by atoms with van der Waals surface area (Å²) in [6, 6.07) is 5.09. The van der Waals surface area contributed by atoms with Crippen LogP contribution in [0.25, 0.3) is 0 Å². The van der Waals surface area contributed by atoms with Crippen LogP contribution in [0.5, 0.6) is 0 Å². The summed E-state index contributed by atoms with van der Waals surface area (Å²) in [4.78, 5) is 50.3. The number of halogens is 1. The molecule has 1 heterocycles. The van der Waals surface area contributed by atoms with Crippen LogP contribution < -0.4 is 5.32 Å². The van der Waals surface area contributed by atoms with E-state index in [0.717, 1.165) is 24.8 Å². The van der Waals surface area contributed by atoms with Crippen molar-refractivity contribution in [2.45, 2.75) is 32.6 Å². The average Bonchev–Trinajstić information content (AvgIpc) is 3.36. The fourth-order valence-electron chi connectivity index (χ4n) is 4.98. The van der Waals surface area contributed by atoms with Crippen LogP contribution in [-0.4, -0.2) is 41.7 Å². The van der Waals surface area contributed by atoms with Crippen molar-refractivity contribution in [3.8, 4) is 0 Å². The lowest BCUT2D eigenvalue weighted by atomic mass is 9.81. The molecule has 1 saturated heterocycles. The largest absolute Gasteiger partial charge is 0.456 e. The van der Waals surface area contributed by atoms with Gasteiger partial charge in [0.1, 0.15) is 0 Å². The Hall–Kier alpha value is -2.41. The van der Waals surface area contributed by atoms with Crippen molar-refractivity contribution >= 4 is 41.0 Å². The summed E-state index contributed by atoms with van der Waals surface area (Å²) in [6.07, 6.45) is 2.89. The smallest absolute Gasteiger partial charge is 0.308 e. The van der Waals surface area contributed by atoms with E-state index >= 15 is 0 Å². The molecule has 2 bridgehead atoms. The molecular formula is C21H23ClN2O5. The molecule has 3 amide bonds. The normalized spacial score (nSPS) is 27.3. The van der Waals surface area contributed by atoms with Gasteiger partial charge in [0, 0.05) is 17.3 Å². The van der Waals surface area contributed by atoms with Gasteiger partial charge in [0.25, 0.3) is 5.91 Å². The maximum Gasteiger partial charge on any atom is 0.308 e. The van der Waals surface area contributed by atoms with Gasteiger partial charge in [0.15, 0.2) is 6.61 Å². The minimum absolute atomic E-state index is 0.0120. The molecule has 0 unspecified atom stereocenters. The first-order valence-corrected chi connectivity index (χ1v) is 10.3. The summed E-state index contributed by atoms with van der Waals surface area (Å²) in [7, 11) is 0. The first-order valence-electron chi connectivity index (χ1n) is 9.92. The number of esters is 1. The van der Waals surface area contributed by atoms with Gasteiger partial charge in [-0.15, -0.1) is 0 Å². The number of fused-ring (bicyclic) bond motifs is 5. The van der Waals surface area contributed by atoms with E-state index < -0.39 is 18.5 Å². The first kappa shape index (κ1) is 19.9. The van der Waals surface area contributed by atoms with E-state index in [0.29, 0.717) is 22.5 Å². The van der Waals surface area contributed by atoms with Gasteiger partial charge in [-0.3, -0.25) is 24.1 Å². The third-order valence-electron chi connectivity index (χ3n) is 6.38. The second-order valence-electron chi connectivity index (χ2n) is 8.14. The highest BCUT2D eigenvalue weighted by Crippen LogP contribution is 2.56. The van der Waals surface area contributed by atoms with Crippen LogP contribution in [0.1, 0.15) is 31.2 Å². The minimum Gasteiger partial charge on any atom is -0.456 e. The summed E-state index contributed by atoms with van der Waals surface area (Å²) in [5.41, 5.74) is 1.40. The molecular weight excluding hydrogens is 396 g/mol. The van der Waals surface area contributed by atoms with Gasteiger partial charge in [-0.05, 0) is 55.7 Å². The number of likely N-dealkylation sites (tertiary alicyclic amines) is 1. The number of aryl methyl sites for hydroxylation is 1. The van der Waals surface area contributed by atoms with Crippen molar-refractivity contribution in [1.29, 1.82) is 0 Å². The summed E-state index contributed by atoms with van der Waals surface area (Å²) in [5.74, 6) is -1.15. The van der Waals surface area contributed by atoms with E-state index in [2.05, 4.69) is 5.32 Å². The van der Waals surface area contributed by atoms with Crippen molar-refractivity contribution in [2.75, 3.05) is 18.5 Å². The SMILES string of the molecule is Cc1ccc(NC(=O)COC(=O)CCN2C(=O)[C@@H]3[C@@H]4CC[C@H](C4)[C@@H]3C2=O)cc1Cl. The van der Waals surface area contributed by atoms with E-state index in [1.165, 1.54) is 4.90 Å². The lowest BCUT2D eigenvalue weighted by Crippen LogP contribution is -2.35. The monoisotopic (exact) mass is 418 g/mol. The zero-order chi connectivity index (χ0) is 20.7. The van der Waals surface area contributed by atoms with Crippen LogP contribution in [0, 0.1) is 30.6 Å². The molecule has 3 fully saturated rings. The molecule has 29 heavy (non-hydrogen) atoms. The third kappa shape index (κ3) is 3.75. The number of nitrogens with one attached hydrogen (secondary N) is 1. The van der Waals surface area contributed by atoms with Crippen LogP contribution in [0.15, 0.2) is 18.2 Å². The maximum atomic E-state index is 12.6. The summed E-state index contributed by atoms with van der Waals surface area (Å²) < 4.78 is 4.98. The highest BCUT2D eigenvalue weighted by Gasteiger charge is 2.60. The summed E-state index contributed by atoms with van der Waals surface area (Å²) in [6.45, 7) is 1.42. The quantitative estimate of drug-likeness (QED) is 0.566. The third-order valence-corrected chi connectivity index (χ3v) is 6.79. The molecule has 0 radical (unpaired) electrons. The Bertz CT molecular complexity index is 858. The predicted octanol–water partition coefficient (Wildman–Crippen LogP) is 2.55. The Balaban J connectivity index is 1.23. The van der Waals surface area contributed by atoms with Gasteiger partial charge in [-0.25, -0.2) is 0 Å². The van der Waals surface area contributed by atoms with Crippen molar-refractivity contribution < 1.29 is 23.9 Å². The number of hydrogen-bond acceptors (Lipinski definition) is 5. The number of amides is 3. The van der Waals surface area contributed by atoms with Crippen molar-refractivity contribution in [2.24, 2.45) is 23.7 Å². The number of carbonyl (C=O) groups is 4. The lowest BCUT2D eigenvalue weighted by molar-refractivity contribution is -0.149. The number of benzene rings is 1. The molecule has 8 heteroatoms. The van der Waals surface area contributed by atoms with Crippen LogP contribution >= 0.6 is 11.6 Å². The molecule has 4 rings (SSSR count). The fraction of sp³-hybridized carbons (Fsp3) is 0.524. The average molecular weight is 419 g/mol. The zero-order valence-electron chi connectivity index (χ0n) is 16.2. The number of ether oxygens (including phenoxy) is 1. The maximum absolute atomic E-state index is 12.6. The summed E-state index contributed by atoms with van der Waals surface area (Å²) >= 11 is 6.01. The molecule has 154 valence electrons. The molecule has 7 nitrogen and oxygen atoms in total. The van der Waals surface area contributed by atoms with Crippen molar-refractivity contribution in [3.63, 3.8) is 0 Å². The van der Waals surface area contributed by atoms with Gasteiger partial charge in [0.05, 0.1) is 18.3 Å². The molecule has 3 aliphatic rings. The zero-order valence-corrected chi connectivity index (χ0v) is 16.9. The molecule has 2 aliphatic carbocycles. The molecule has 4 atom stereocenters. The number of rotatable bonds is 6. The van der Waals surface area contributed by atoms with Crippen LogP contribution in [0.4, 0.5) is 5.69 Å². The number of carbonyl (C=O) groups excluding carboxylic acids is 4. The fourth-order valence-corrected chi connectivity index (χ4v) is 5.16. The highest BCUT2D eigenvalue weighted by atomic mass is 35.5. The second kappa shape index (κ2) is 7.78. The molecule has 0 spiro atoms. The first-order chi connectivity index (χ1) is 13.8. The summed E-state index contributed by atoms with van der Waals surface area (Å²) in [5, 5.41) is 3.13. The Morgan fingerprint density at radius 3 is 2.45 bits per heavy atom. The van der Waals surface area contributed by atoms with E-state index in [1.807, 2.05) is 6.92 Å². The standard InChI is InChI=1S/C21H23ClN2O5/c1-11-2-5-14(9-15(11)22)23-16(25)10-29-17(26)6-7-24-20(27)18-12-3-4-13(8-12)19(18)21(24)28/h2,5,9,12-13,18-19H,3-4,6-8,10H2,1H3,(H,23,25)/t12-,13-,18-,19+/m1/s1. The van der Waals surface area contributed by atoms with Gasteiger partial charge in [0.2, 0.25) is 11.8 Å². The molecule has 2 saturated carbocycles. The van der Waals surface area contributed by atoms with Gasteiger partial charge in [-0.2, -0.15) is 0 Å². The predicted molar refractivity (Wildman–Crippen MR) is 105 cm³/mol. The van der Waals surface area contributed by atoms with Crippen molar-refractivity contribution in [3.05, 3.63) is 28.8 Å². The highest BCUT2D eigenvalue weighted by molar-refractivity contribution is 6.31. The van der Waals surface area contributed by atoms with Gasteiger partial charge in [-0.1, -0.05) is 17.7 Å². The second-order valence-corrected chi connectivity index (χ2v) is 8.54. The molecule has 1 N–H and O–H groups in total. The molecule has 1 aromatic rings. The van der Waals surface area contributed by atoms with Crippen LogP contribution in [-0.2, 0) is 23.9 Å².